The summed E-state index contributed by atoms with van der Waals surface area (Å²) in [6.07, 6.45) is 0.750. The first-order chi connectivity index (χ1) is 14.3. The van der Waals surface area contributed by atoms with Gasteiger partial charge in [0.1, 0.15) is 6.04 Å². The number of carboxylic acid groups (broad SMARTS) is 1. The lowest BCUT2D eigenvalue weighted by Gasteiger charge is -2.29. The molecule has 1 aromatic heterocycles. The second-order valence-electron chi connectivity index (χ2n) is 8.18. The highest BCUT2D eigenvalue weighted by Gasteiger charge is 2.35. The van der Waals surface area contributed by atoms with Gasteiger partial charge in [0.2, 0.25) is 0 Å². The molecule has 2 N–H and O–H groups in total. The molecule has 1 amide bonds. The molecule has 0 aliphatic rings. The lowest BCUT2D eigenvalue weighted by atomic mass is 9.86. The third-order valence-electron chi connectivity index (χ3n) is 4.75. The van der Waals surface area contributed by atoms with Crippen molar-refractivity contribution in [3.05, 3.63) is 60.2 Å². The molecule has 0 radical (unpaired) electrons. The fraction of sp³-hybridized carbons (Fsp3) is 0.348. The number of rotatable bonds is 8. The number of hydrogen-bond acceptors (Lipinski definition) is 4. The third-order valence-corrected chi connectivity index (χ3v) is 5.79. The van der Waals surface area contributed by atoms with Crippen LogP contribution in [0.3, 0.4) is 0 Å². The maximum absolute atomic E-state index is 12.1. The SMILES string of the molecule is CC(C)(C)C(C(=O)O)n1c(SCCCNC(=O)c2ccccc2)nc2ccccc21. The van der Waals surface area contributed by atoms with Crippen LogP contribution in [0.1, 0.15) is 43.6 Å². The van der Waals surface area contributed by atoms with Gasteiger partial charge in [-0.2, -0.15) is 0 Å². The Morgan fingerprint density at radius 3 is 2.43 bits per heavy atom. The normalized spacial score (nSPS) is 12.6. The Morgan fingerprint density at radius 2 is 1.77 bits per heavy atom. The molecule has 2 aromatic carbocycles. The van der Waals surface area contributed by atoms with Crippen molar-refractivity contribution in [2.45, 2.75) is 38.4 Å². The van der Waals surface area contributed by atoms with Gasteiger partial charge in [-0.1, -0.05) is 62.9 Å². The highest BCUT2D eigenvalue weighted by Crippen LogP contribution is 2.37. The zero-order valence-electron chi connectivity index (χ0n) is 17.5. The van der Waals surface area contributed by atoms with E-state index in [4.69, 9.17) is 0 Å². The number of aliphatic carboxylic acids is 1. The lowest BCUT2D eigenvalue weighted by molar-refractivity contribution is -0.144. The van der Waals surface area contributed by atoms with E-state index >= 15 is 0 Å². The Morgan fingerprint density at radius 1 is 1.10 bits per heavy atom. The van der Waals surface area contributed by atoms with Gasteiger partial charge < -0.3 is 15.0 Å². The van der Waals surface area contributed by atoms with Crippen LogP contribution in [0, 0.1) is 5.41 Å². The van der Waals surface area contributed by atoms with Gasteiger partial charge in [-0.05, 0) is 36.1 Å². The number of nitrogens with one attached hydrogen (secondary N) is 1. The zero-order valence-corrected chi connectivity index (χ0v) is 18.3. The molecule has 7 heteroatoms. The molecule has 0 bridgehead atoms. The van der Waals surface area contributed by atoms with Crippen molar-refractivity contribution in [2.24, 2.45) is 5.41 Å². The van der Waals surface area contributed by atoms with Gasteiger partial charge in [-0.3, -0.25) is 4.79 Å². The number of amides is 1. The van der Waals surface area contributed by atoms with E-state index in [0.29, 0.717) is 17.3 Å². The van der Waals surface area contributed by atoms with Crippen LogP contribution in [-0.2, 0) is 4.79 Å². The number of aromatic nitrogens is 2. The second kappa shape index (κ2) is 9.34. The van der Waals surface area contributed by atoms with Crippen LogP contribution in [0.4, 0.5) is 0 Å². The highest BCUT2D eigenvalue weighted by molar-refractivity contribution is 7.99. The molecule has 0 spiro atoms. The van der Waals surface area contributed by atoms with Crippen LogP contribution in [-0.4, -0.2) is 38.8 Å². The zero-order chi connectivity index (χ0) is 21.7. The molecule has 3 rings (SSSR count). The number of nitrogens with zero attached hydrogens (tertiary/aromatic N) is 2. The van der Waals surface area contributed by atoms with Crippen molar-refractivity contribution in [3.63, 3.8) is 0 Å². The predicted octanol–water partition coefficient (Wildman–Crippen LogP) is 4.62. The smallest absolute Gasteiger partial charge is 0.327 e. The molecule has 1 unspecified atom stereocenters. The molecule has 0 saturated carbocycles. The van der Waals surface area contributed by atoms with E-state index in [1.807, 2.05) is 67.8 Å². The van der Waals surface area contributed by atoms with Crippen molar-refractivity contribution in [3.8, 4) is 0 Å². The average Bonchev–Trinajstić information content (AvgIpc) is 3.05. The Labute approximate surface area is 180 Å². The number of carbonyl (C=O) groups is 2. The standard InChI is InChI=1S/C23H27N3O3S/c1-23(2,3)19(21(28)29)26-18-13-8-7-12-17(18)25-22(26)30-15-9-14-24-20(27)16-10-5-4-6-11-16/h4-8,10-13,19H,9,14-15H2,1-3H3,(H,24,27)(H,28,29). The van der Waals surface area contributed by atoms with E-state index in [2.05, 4.69) is 10.3 Å². The summed E-state index contributed by atoms with van der Waals surface area (Å²) in [5.74, 6) is -0.247. The van der Waals surface area contributed by atoms with Gasteiger partial charge in [0.15, 0.2) is 5.16 Å². The first-order valence-electron chi connectivity index (χ1n) is 9.95. The Balaban J connectivity index is 1.70. The first kappa shape index (κ1) is 21.9. The van der Waals surface area contributed by atoms with Crippen LogP contribution in [0.2, 0.25) is 0 Å². The number of imidazole rings is 1. The van der Waals surface area contributed by atoms with Gasteiger partial charge in [0.25, 0.3) is 5.91 Å². The highest BCUT2D eigenvalue weighted by atomic mass is 32.2. The minimum absolute atomic E-state index is 0.0912. The van der Waals surface area contributed by atoms with Crippen LogP contribution >= 0.6 is 11.8 Å². The summed E-state index contributed by atoms with van der Waals surface area (Å²) in [5, 5.41) is 13.5. The molecule has 3 aromatic rings. The number of hydrogen-bond donors (Lipinski definition) is 2. The number of carboxylic acids is 1. The molecule has 0 saturated heterocycles. The van der Waals surface area contributed by atoms with Gasteiger partial charge in [0.05, 0.1) is 11.0 Å². The molecule has 0 aliphatic carbocycles. The summed E-state index contributed by atoms with van der Waals surface area (Å²) in [6, 6.07) is 16.0. The molecule has 1 atom stereocenters. The predicted molar refractivity (Wildman–Crippen MR) is 120 cm³/mol. The van der Waals surface area contributed by atoms with Gasteiger partial charge in [-0.15, -0.1) is 0 Å². The number of fused-ring (bicyclic) bond motifs is 1. The maximum Gasteiger partial charge on any atom is 0.327 e. The van der Waals surface area contributed by atoms with E-state index < -0.39 is 17.4 Å². The van der Waals surface area contributed by atoms with E-state index in [-0.39, 0.29) is 5.91 Å². The Kier molecular flexibility index (Phi) is 6.82. The molecule has 6 nitrogen and oxygen atoms in total. The minimum Gasteiger partial charge on any atom is -0.480 e. The molecule has 0 aliphatic heterocycles. The fourth-order valence-electron chi connectivity index (χ4n) is 3.37. The summed E-state index contributed by atoms with van der Waals surface area (Å²) in [6.45, 7) is 6.32. The molecular formula is C23H27N3O3S. The second-order valence-corrected chi connectivity index (χ2v) is 9.25. The van der Waals surface area contributed by atoms with Crippen molar-refractivity contribution in [1.29, 1.82) is 0 Å². The number of para-hydroxylation sites is 2. The van der Waals surface area contributed by atoms with Crippen molar-refractivity contribution in [1.82, 2.24) is 14.9 Å². The number of thioether (sulfide) groups is 1. The molecule has 158 valence electrons. The van der Waals surface area contributed by atoms with E-state index in [1.54, 1.807) is 12.1 Å². The maximum atomic E-state index is 12.1. The lowest BCUT2D eigenvalue weighted by Crippen LogP contribution is -2.32. The third kappa shape index (κ3) is 5.02. The van der Waals surface area contributed by atoms with Gasteiger partial charge in [0, 0.05) is 17.9 Å². The quantitative estimate of drug-likeness (QED) is 0.406. The topological polar surface area (TPSA) is 84.2 Å². The fourth-order valence-corrected chi connectivity index (χ4v) is 4.35. The summed E-state index contributed by atoms with van der Waals surface area (Å²) >= 11 is 1.52. The van der Waals surface area contributed by atoms with Crippen LogP contribution in [0.25, 0.3) is 11.0 Å². The number of carbonyl (C=O) groups excluding carboxylic acids is 1. The Bertz CT molecular complexity index is 1030. The van der Waals surface area contributed by atoms with E-state index in [0.717, 1.165) is 23.2 Å². The molecule has 30 heavy (non-hydrogen) atoms. The van der Waals surface area contributed by atoms with Crippen LogP contribution in [0.15, 0.2) is 59.8 Å². The van der Waals surface area contributed by atoms with Crippen molar-refractivity contribution >= 4 is 34.7 Å². The molecule has 1 heterocycles. The van der Waals surface area contributed by atoms with Gasteiger partial charge >= 0.3 is 5.97 Å². The largest absolute Gasteiger partial charge is 0.480 e. The summed E-state index contributed by atoms with van der Waals surface area (Å²) in [4.78, 5) is 28.9. The van der Waals surface area contributed by atoms with Crippen LogP contribution < -0.4 is 5.32 Å². The monoisotopic (exact) mass is 425 g/mol. The summed E-state index contributed by atoms with van der Waals surface area (Å²) < 4.78 is 1.84. The average molecular weight is 426 g/mol. The van der Waals surface area contributed by atoms with Crippen molar-refractivity contribution < 1.29 is 14.7 Å². The Hall–Kier alpha value is -2.80. The summed E-state index contributed by atoms with van der Waals surface area (Å²) in [5.41, 5.74) is 1.77. The first-order valence-corrected chi connectivity index (χ1v) is 10.9. The van der Waals surface area contributed by atoms with E-state index in [9.17, 15) is 14.7 Å². The van der Waals surface area contributed by atoms with Crippen LogP contribution in [0.5, 0.6) is 0 Å². The molecular weight excluding hydrogens is 398 g/mol. The minimum atomic E-state index is -0.873. The van der Waals surface area contributed by atoms with Gasteiger partial charge in [-0.25, -0.2) is 9.78 Å². The van der Waals surface area contributed by atoms with Crippen molar-refractivity contribution in [2.75, 3.05) is 12.3 Å². The van der Waals surface area contributed by atoms with E-state index in [1.165, 1.54) is 11.8 Å². The number of benzene rings is 2. The molecule has 0 fully saturated rings. The summed E-state index contributed by atoms with van der Waals surface area (Å²) in [7, 11) is 0.